The Labute approximate surface area is 354 Å². The molecule has 4 N–H and O–H groups in total. The molecule has 0 radical (unpaired) electrons. The van der Waals surface area contributed by atoms with E-state index in [1.54, 1.807) is 86.9 Å². The molecule has 0 saturated carbocycles. The van der Waals surface area contributed by atoms with Gasteiger partial charge >= 0.3 is 0 Å². The van der Waals surface area contributed by atoms with Crippen molar-refractivity contribution in [1.29, 1.82) is 0 Å². The minimum Gasteiger partial charge on any atom is -0.384 e. The molecule has 344 valence electrons. The number of nitrogens with zero attached hydrogens (tertiary/aromatic N) is 4. The van der Waals surface area contributed by atoms with Crippen LogP contribution >= 0.6 is 23.5 Å². The quantitative estimate of drug-likeness (QED) is 0.0195. The Morgan fingerprint density at radius 2 is 1.38 bits per heavy atom. The Balaban J connectivity index is -0.000000595. The second-order valence-corrected chi connectivity index (χ2v) is 14.1. The van der Waals surface area contributed by atoms with Crippen molar-refractivity contribution < 1.29 is 65.1 Å². The maximum atomic E-state index is 12.8. The number of thioether (sulfide) groups is 2. The molecule has 1 aromatic carbocycles. The molecular weight excluding hydrogens is 855 g/mol. The van der Waals surface area contributed by atoms with E-state index in [0.29, 0.717) is 49.5 Å². The van der Waals surface area contributed by atoms with Crippen molar-refractivity contribution in [1.82, 2.24) is 15.6 Å². The number of aromatic nitrogens is 1. The second-order valence-electron chi connectivity index (χ2n) is 11.7. The first kappa shape index (κ1) is 62.7. The van der Waals surface area contributed by atoms with Gasteiger partial charge < -0.3 is 35.3 Å². The summed E-state index contributed by atoms with van der Waals surface area (Å²) in [6.45, 7) is 9.96. The number of benzene rings is 1. The van der Waals surface area contributed by atoms with Gasteiger partial charge in [0.1, 0.15) is 5.70 Å². The normalized spacial score (nSPS) is 11.1. The fourth-order valence-electron chi connectivity index (χ4n) is 4.22. The summed E-state index contributed by atoms with van der Waals surface area (Å²) in [5, 5.41) is 9.03. The number of ether oxygens (including phenoxy) is 4. The molecular formula is C37H57F8N7O6S2. The highest BCUT2D eigenvalue weighted by molar-refractivity contribution is 7.99. The number of halogens is 8. The average Bonchev–Trinajstić information content (AvgIpc) is 3.28. The number of azide groups is 1. The Morgan fingerprint density at radius 3 is 1.87 bits per heavy atom. The van der Waals surface area contributed by atoms with E-state index in [-0.39, 0.29) is 11.6 Å². The molecule has 2 aromatic rings. The molecule has 2 atom stereocenters. The Bertz CT molecular complexity index is 1360. The number of rotatable bonds is 27. The molecule has 1 heterocycles. The zero-order valence-corrected chi connectivity index (χ0v) is 35.7. The van der Waals surface area contributed by atoms with E-state index in [2.05, 4.69) is 39.5 Å². The van der Waals surface area contributed by atoms with Gasteiger partial charge in [0.05, 0.1) is 26.4 Å². The highest BCUT2D eigenvalue weighted by Crippen LogP contribution is 2.14. The van der Waals surface area contributed by atoms with Crippen LogP contribution in [-0.4, -0.2) is 107 Å². The van der Waals surface area contributed by atoms with Crippen molar-refractivity contribution in [2.75, 3.05) is 90.0 Å². The maximum absolute atomic E-state index is 12.8. The summed E-state index contributed by atoms with van der Waals surface area (Å²) in [4.78, 5) is 32.2. The Hall–Kier alpha value is -3.96. The van der Waals surface area contributed by atoms with Crippen LogP contribution in [0.4, 0.5) is 42.3 Å². The third-order valence-corrected chi connectivity index (χ3v) is 8.81. The molecule has 0 aliphatic carbocycles. The summed E-state index contributed by atoms with van der Waals surface area (Å²) in [6.07, 6.45) is 9.81. The van der Waals surface area contributed by atoms with Crippen LogP contribution in [0, 0.1) is 11.8 Å². The molecule has 0 spiro atoms. The second kappa shape index (κ2) is 51.2. The van der Waals surface area contributed by atoms with E-state index < -0.39 is 5.91 Å². The van der Waals surface area contributed by atoms with Gasteiger partial charge in [-0.3, -0.25) is 14.6 Å². The van der Waals surface area contributed by atoms with Crippen LogP contribution in [0.3, 0.4) is 0 Å². The lowest BCUT2D eigenvalue weighted by Gasteiger charge is -2.11. The van der Waals surface area contributed by atoms with Crippen molar-refractivity contribution in [2.45, 2.75) is 26.7 Å². The van der Waals surface area contributed by atoms with E-state index in [9.17, 15) is 9.59 Å². The van der Waals surface area contributed by atoms with Crippen molar-refractivity contribution in [2.24, 2.45) is 22.7 Å². The zero-order chi connectivity index (χ0) is 46.1. The van der Waals surface area contributed by atoms with Crippen molar-refractivity contribution in [3.05, 3.63) is 82.1 Å². The smallest absolute Gasteiger partial charge is 0.267 e. The molecule has 23 heteroatoms. The highest BCUT2D eigenvalue weighted by atomic mass is 32.2. The summed E-state index contributed by atoms with van der Waals surface area (Å²) >= 11 is 3.62. The first-order valence-electron chi connectivity index (χ1n) is 17.9. The minimum atomic E-state index is -0.455. The number of nitrogens with one attached hydrogen (secondary N) is 2. The molecule has 0 aliphatic rings. The number of hydrogen-bond acceptors (Lipinski definition) is 11. The Morgan fingerprint density at radius 1 is 0.833 bits per heavy atom. The Kier molecular flexibility index (Phi) is 53.5. The van der Waals surface area contributed by atoms with Crippen molar-refractivity contribution in [3.63, 3.8) is 0 Å². The van der Waals surface area contributed by atoms with Gasteiger partial charge in [0.2, 0.25) is 5.91 Å². The molecule has 0 fully saturated rings. The molecule has 2 amide bonds. The van der Waals surface area contributed by atoms with Crippen molar-refractivity contribution in [3.8, 4) is 0 Å². The largest absolute Gasteiger partial charge is 0.384 e. The van der Waals surface area contributed by atoms with Gasteiger partial charge in [0.25, 0.3) is 5.91 Å². The SMILES string of the molecule is COCC(C)COCCCSCCN.COCC(C)COCCCSCCNC(=O)/C(=C\c1cccnc1)NC(=O)/C=C/c1ccc(N=[N+]=[N-])cc1.FF.FF.FF.FF. The summed E-state index contributed by atoms with van der Waals surface area (Å²) in [5.74, 6) is 3.91. The first-order chi connectivity index (χ1) is 29.3. The topological polar surface area (TPSA) is 183 Å². The minimum absolute atomic E-state index is 0.120. The number of hydrogen-bond donors (Lipinski definition) is 3. The van der Waals surface area contributed by atoms with E-state index in [1.807, 2.05) is 11.8 Å². The van der Waals surface area contributed by atoms with Gasteiger partial charge in [-0.05, 0) is 59.2 Å². The molecule has 60 heavy (non-hydrogen) atoms. The molecule has 0 bridgehead atoms. The van der Waals surface area contributed by atoms with Gasteiger partial charge in [-0.2, -0.15) is 23.5 Å². The van der Waals surface area contributed by atoms with Gasteiger partial charge in [-0.25, -0.2) is 0 Å². The summed E-state index contributed by atoms with van der Waals surface area (Å²) in [5.41, 5.74) is 15.9. The van der Waals surface area contributed by atoms with Crippen LogP contribution in [0.2, 0.25) is 0 Å². The molecule has 1 aromatic heterocycles. The lowest BCUT2D eigenvalue weighted by Crippen LogP contribution is -2.35. The van der Waals surface area contributed by atoms with E-state index >= 15 is 0 Å². The highest BCUT2D eigenvalue weighted by Gasteiger charge is 2.12. The van der Waals surface area contributed by atoms with Crippen LogP contribution in [0.25, 0.3) is 22.6 Å². The number of pyridine rings is 1. The summed E-state index contributed by atoms with van der Waals surface area (Å²) in [6, 6.07) is 10.3. The zero-order valence-electron chi connectivity index (χ0n) is 34.1. The van der Waals surface area contributed by atoms with Crippen LogP contribution in [0.15, 0.2) is 65.7 Å². The van der Waals surface area contributed by atoms with Gasteiger partial charge in [-0.15, -0.1) is 0 Å². The summed E-state index contributed by atoms with van der Waals surface area (Å²) < 4.78 is 85.3. The molecule has 0 aliphatic heterocycles. The standard InChI is InChI=1S/C27H34N6O4S.C10H23NO2S.4F2/c1-21(19-36-2)20-37-14-4-15-38-16-13-30-27(35)25(17-23-5-3-12-29-18-23)31-26(34)11-8-22-6-9-24(10-7-22)32-33-28;1-10(8-12-2)9-13-5-3-6-14-7-4-11;4*1-2/h3,5-12,17-18,21H,4,13-16,19-20H2,1-2H3,(H,30,35)(H,31,34);10H,3-9,11H2,1-2H3;;;;/b11-8+,25-17+;;;;;. The third kappa shape index (κ3) is 40.8. The fourth-order valence-corrected chi connectivity index (χ4v) is 5.68. The molecule has 0 saturated heterocycles. The molecule has 2 rings (SSSR count). The number of methoxy groups -OCH3 is 2. The van der Waals surface area contributed by atoms with Gasteiger partial charge in [0.15, 0.2) is 0 Å². The molecule has 2 unspecified atom stereocenters. The van der Waals surface area contributed by atoms with E-state index in [0.717, 1.165) is 67.8 Å². The van der Waals surface area contributed by atoms with Crippen LogP contribution in [-0.2, 0) is 28.5 Å². The van der Waals surface area contributed by atoms with Crippen LogP contribution in [0.1, 0.15) is 37.8 Å². The van der Waals surface area contributed by atoms with Crippen LogP contribution in [0.5, 0.6) is 0 Å². The van der Waals surface area contributed by atoms with Crippen molar-refractivity contribution >= 4 is 53.2 Å². The van der Waals surface area contributed by atoms with Gasteiger partial charge in [0, 0.05) is 130 Å². The number of nitrogens with two attached hydrogens (primary N) is 1. The average molecular weight is 912 g/mol. The number of carbonyl (C=O) groups is 2. The van der Waals surface area contributed by atoms with E-state index in [4.69, 9.17) is 66.8 Å². The third-order valence-electron chi connectivity index (χ3n) is 6.63. The predicted octanol–water partition coefficient (Wildman–Crippen LogP) is 9.46. The predicted molar refractivity (Wildman–Crippen MR) is 223 cm³/mol. The molecule has 13 nitrogen and oxygen atoms in total. The fraction of sp³-hybridized carbons (Fsp3) is 0.541. The number of carbonyl (C=O) groups excluding carboxylic acids is 2. The lowest BCUT2D eigenvalue weighted by molar-refractivity contribution is -0.121. The monoisotopic (exact) mass is 911 g/mol. The van der Waals surface area contributed by atoms with Crippen LogP contribution < -0.4 is 16.4 Å². The number of amides is 2. The maximum Gasteiger partial charge on any atom is 0.267 e. The first-order valence-corrected chi connectivity index (χ1v) is 20.2. The van der Waals surface area contributed by atoms with Gasteiger partial charge in [-0.1, -0.05) is 49.3 Å². The summed E-state index contributed by atoms with van der Waals surface area (Å²) in [7, 11) is 3.41. The van der Waals surface area contributed by atoms with E-state index in [1.165, 1.54) is 6.08 Å². The lowest BCUT2D eigenvalue weighted by atomic mass is 10.2.